The van der Waals surface area contributed by atoms with E-state index in [0.29, 0.717) is 11.1 Å². The summed E-state index contributed by atoms with van der Waals surface area (Å²) in [7, 11) is 0. The third kappa shape index (κ3) is 3.86. The van der Waals surface area contributed by atoms with Gasteiger partial charge in [-0.05, 0) is 17.7 Å². The molecule has 0 saturated carbocycles. The molecule has 0 aliphatic rings. The number of carbonyl (C=O) groups is 2. The fraction of sp³-hybridized carbons (Fsp3) is 0.273. The van der Waals surface area contributed by atoms with Gasteiger partial charge in [0.05, 0.1) is 13.2 Å². The molecule has 1 amide bonds. The van der Waals surface area contributed by atoms with E-state index in [2.05, 4.69) is 5.32 Å². The van der Waals surface area contributed by atoms with Crippen LogP contribution in [0.3, 0.4) is 0 Å². The lowest BCUT2D eigenvalue weighted by Crippen LogP contribution is -2.36. The maximum atomic E-state index is 11.5. The number of aliphatic hydroxyl groups excluding tert-OH is 2. The molecule has 1 aromatic carbocycles. The lowest BCUT2D eigenvalue weighted by molar-refractivity contribution is -0.146. The van der Waals surface area contributed by atoms with Gasteiger partial charge in [-0.15, -0.1) is 0 Å². The molecule has 0 saturated heterocycles. The standard InChI is InChI=1S/C11H13NO5/c13-6-7-1-3-8(4-2-7)10(15)12-5-9(14)11(16)17/h1-4,9,13-14H,5-6H2,(H,12,15)(H,16,17)/t9-/m0/s1. The molecule has 17 heavy (non-hydrogen) atoms. The van der Waals surface area contributed by atoms with E-state index in [4.69, 9.17) is 15.3 Å². The van der Waals surface area contributed by atoms with E-state index in [0.717, 1.165) is 0 Å². The monoisotopic (exact) mass is 239 g/mol. The Balaban J connectivity index is 2.55. The Morgan fingerprint density at radius 1 is 1.24 bits per heavy atom. The Morgan fingerprint density at radius 2 is 1.82 bits per heavy atom. The molecular formula is C11H13NO5. The molecule has 0 aromatic heterocycles. The summed E-state index contributed by atoms with van der Waals surface area (Å²) < 4.78 is 0. The first-order valence-electron chi connectivity index (χ1n) is 4.93. The van der Waals surface area contributed by atoms with Crippen LogP contribution in [-0.4, -0.2) is 39.8 Å². The maximum absolute atomic E-state index is 11.5. The number of carbonyl (C=O) groups excluding carboxylic acids is 1. The Labute approximate surface area is 97.5 Å². The molecule has 0 heterocycles. The molecule has 0 fully saturated rings. The molecule has 0 aliphatic carbocycles. The van der Waals surface area contributed by atoms with Gasteiger partial charge in [0.25, 0.3) is 5.91 Å². The van der Waals surface area contributed by atoms with Gasteiger partial charge in [-0.3, -0.25) is 4.79 Å². The smallest absolute Gasteiger partial charge is 0.334 e. The zero-order chi connectivity index (χ0) is 12.8. The predicted molar refractivity (Wildman–Crippen MR) is 58.3 cm³/mol. The van der Waals surface area contributed by atoms with E-state index in [1.165, 1.54) is 12.1 Å². The number of carboxylic acids is 1. The van der Waals surface area contributed by atoms with Crippen molar-refractivity contribution in [1.82, 2.24) is 5.32 Å². The molecular weight excluding hydrogens is 226 g/mol. The third-order valence-electron chi connectivity index (χ3n) is 2.14. The SMILES string of the molecule is O=C(NC[C@H](O)C(=O)O)c1ccc(CO)cc1. The number of amides is 1. The number of rotatable bonds is 5. The second kappa shape index (κ2) is 5.97. The van der Waals surface area contributed by atoms with E-state index >= 15 is 0 Å². The van der Waals surface area contributed by atoms with E-state index < -0.39 is 18.0 Å². The van der Waals surface area contributed by atoms with Crippen molar-refractivity contribution in [3.8, 4) is 0 Å². The van der Waals surface area contributed by atoms with Crippen molar-refractivity contribution in [3.63, 3.8) is 0 Å². The number of carboxylic acid groups (broad SMARTS) is 1. The van der Waals surface area contributed by atoms with Crippen molar-refractivity contribution in [2.75, 3.05) is 6.54 Å². The van der Waals surface area contributed by atoms with Gasteiger partial charge in [0, 0.05) is 5.56 Å². The summed E-state index contributed by atoms with van der Waals surface area (Å²) in [4.78, 5) is 21.8. The Hall–Kier alpha value is -1.92. The van der Waals surface area contributed by atoms with Crippen LogP contribution in [0.4, 0.5) is 0 Å². The van der Waals surface area contributed by atoms with Crippen LogP contribution in [-0.2, 0) is 11.4 Å². The fourth-order valence-electron chi connectivity index (χ4n) is 1.14. The van der Waals surface area contributed by atoms with E-state index in [-0.39, 0.29) is 13.2 Å². The number of aliphatic carboxylic acids is 1. The summed E-state index contributed by atoms with van der Waals surface area (Å²) >= 11 is 0. The van der Waals surface area contributed by atoms with Crippen molar-refractivity contribution in [1.29, 1.82) is 0 Å². The van der Waals surface area contributed by atoms with Gasteiger partial charge in [-0.1, -0.05) is 12.1 Å². The molecule has 4 N–H and O–H groups in total. The molecule has 92 valence electrons. The van der Waals surface area contributed by atoms with Gasteiger partial charge in [-0.25, -0.2) is 4.79 Å². The van der Waals surface area contributed by atoms with Gasteiger partial charge in [0.15, 0.2) is 6.10 Å². The van der Waals surface area contributed by atoms with Crippen LogP contribution in [0.2, 0.25) is 0 Å². The molecule has 0 spiro atoms. The second-order valence-electron chi connectivity index (χ2n) is 3.42. The average molecular weight is 239 g/mol. The highest BCUT2D eigenvalue weighted by Crippen LogP contribution is 2.04. The number of benzene rings is 1. The topological polar surface area (TPSA) is 107 Å². The molecule has 0 bridgehead atoms. The lowest BCUT2D eigenvalue weighted by atomic mass is 10.1. The largest absolute Gasteiger partial charge is 0.479 e. The van der Waals surface area contributed by atoms with Crippen molar-refractivity contribution in [2.45, 2.75) is 12.7 Å². The summed E-state index contributed by atoms with van der Waals surface area (Å²) in [5.41, 5.74) is 1.01. The van der Waals surface area contributed by atoms with Gasteiger partial charge in [0.2, 0.25) is 0 Å². The Morgan fingerprint density at radius 3 is 2.29 bits per heavy atom. The molecule has 6 nitrogen and oxygen atoms in total. The second-order valence-corrected chi connectivity index (χ2v) is 3.42. The molecule has 1 aromatic rings. The normalized spacial score (nSPS) is 11.9. The lowest BCUT2D eigenvalue weighted by Gasteiger charge is -2.08. The number of aliphatic hydroxyl groups is 2. The number of nitrogens with one attached hydrogen (secondary N) is 1. The molecule has 0 aliphatic heterocycles. The van der Waals surface area contributed by atoms with Crippen LogP contribution >= 0.6 is 0 Å². The molecule has 6 heteroatoms. The van der Waals surface area contributed by atoms with Gasteiger partial charge >= 0.3 is 5.97 Å². The first-order valence-corrected chi connectivity index (χ1v) is 4.93. The quantitative estimate of drug-likeness (QED) is 0.546. The van der Waals surface area contributed by atoms with E-state index in [9.17, 15) is 9.59 Å². The average Bonchev–Trinajstić information content (AvgIpc) is 2.35. The van der Waals surface area contributed by atoms with Crippen LogP contribution in [0.5, 0.6) is 0 Å². The maximum Gasteiger partial charge on any atom is 0.334 e. The van der Waals surface area contributed by atoms with Crippen molar-refractivity contribution in [3.05, 3.63) is 35.4 Å². The van der Waals surface area contributed by atoms with Crippen LogP contribution in [0.15, 0.2) is 24.3 Å². The first kappa shape index (κ1) is 13.1. The van der Waals surface area contributed by atoms with Crippen LogP contribution in [0, 0.1) is 0 Å². The fourth-order valence-corrected chi connectivity index (χ4v) is 1.14. The summed E-state index contributed by atoms with van der Waals surface area (Å²) in [6.07, 6.45) is -1.62. The summed E-state index contributed by atoms with van der Waals surface area (Å²) in [5.74, 6) is -1.87. The minimum Gasteiger partial charge on any atom is -0.479 e. The molecule has 0 unspecified atom stereocenters. The Kier molecular flexibility index (Phi) is 4.62. The van der Waals surface area contributed by atoms with Gasteiger partial charge < -0.3 is 20.6 Å². The van der Waals surface area contributed by atoms with Crippen molar-refractivity contribution < 1.29 is 24.9 Å². The van der Waals surface area contributed by atoms with Crippen LogP contribution in [0.1, 0.15) is 15.9 Å². The molecule has 0 radical (unpaired) electrons. The third-order valence-corrected chi connectivity index (χ3v) is 2.14. The zero-order valence-electron chi connectivity index (χ0n) is 8.96. The first-order chi connectivity index (χ1) is 8.04. The zero-order valence-corrected chi connectivity index (χ0v) is 8.96. The summed E-state index contributed by atoms with van der Waals surface area (Å²) in [5, 5.41) is 28.5. The van der Waals surface area contributed by atoms with Gasteiger partial charge in [-0.2, -0.15) is 0 Å². The minimum absolute atomic E-state index is 0.111. The van der Waals surface area contributed by atoms with Crippen LogP contribution in [0.25, 0.3) is 0 Å². The van der Waals surface area contributed by atoms with Crippen LogP contribution < -0.4 is 5.32 Å². The van der Waals surface area contributed by atoms with Crippen molar-refractivity contribution >= 4 is 11.9 Å². The predicted octanol–water partition coefficient (Wildman–Crippen LogP) is -0.646. The van der Waals surface area contributed by atoms with Crippen molar-refractivity contribution in [2.24, 2.45) is 0 Å². The van der Waals surface area contributed by atoms with E-state index in [1.54, 1.807) is 12.1 Å². The minimum atomic E-state index is -1.62. The molecule has 1 rings (SSSR count). The highest BCUT2D eigenvalue weighted by atomic mass is 16.4. The Bertz CT molecular complexity index is 401. The molecule has 1 atom stereocenters. The van der Waals surface area contributed by atoms with E-state index in [1.807, 2.05) is 0 Å². The van der Waals surface area contributed by atoms with Gasteiger partial charge in [0.1, 0.15) is 0 Å². The highest BCUT2D eigenvalue weighted by Gasteiger charge is 2.14. The number of hydrogen-bond donors (Lipinski definition) is 4. The summed E-state index contributed by atoms with van der Waals surface area (Å²) in [6, 6.07) is 6.19. The number of hydrogen-bond acceptors (Lipinski definition) is 4. The highest BCUT2D eigenvalue weighted by molar-refractivity contribution is 5.94. The summed E-state index contributed by atoms with van der Waals surface area (Å²) in [6.45, 7) is -0.463.